The molecule has 1 atom stereocenters. The largest absolute Gasteiger partial charge is 0.341 e. The fraction of sp³-hybridized carbons (Fsp3) is 0.545. The summed E-state index contributed by atoms with van der Waals surface area (Å²) in [7, 11) is 0. The number of benzene rings is 1. The first-order chi connectivity index (χ1) is 15.0. The van der Waals surface area contributed by atoms with E-state index in [0.29, 0.717) is 12.6 Å². The van der Waals surface area contributed by atoms with Crippen molar-refractivity contribution in [1.29, 1.82) is 0 Å². The van der Waals surface area contributed by atoms with Gasteiger partial charge in [-0.3, -0.25) is 14.7 Å². The molecule has 1 unspecified atom stereocenters. The number of urea groups is 1. The second-order valence-electron chi connectivity index (χ2n) is 8.47. The topological polar surface area (TPSA) is 92.2 Å². The summed E-state index contributed by atoms with van der Waals surface area (Å²) < 4.78 is 2.19. The minimum atomic E-state index is -0.493. The van der Waals surface area contributed by atoms with E-state index in [-0.39, 0.29) is 5.91 Å². The minimum absolute atomic E-state index is 0.339. The normalized spacial score (nSPS) is 17.9. The predicted molar refractivity (Wildman–Crippen MR) is 121 cm³/mol. The Kier molecular flexibility index (Phi) is 6.80. The molecule has 9 heteroatoms. The molecule has 4 rings (SSSR count). The Morgan fingerprint density at radius 3 is 2.52 bits per heavy atom. The van der Waals surface area contributed by atoms with Crippen LogP contribution < -0.4 is 15.5 Å². The van der Waals surface area contributed by atoms with Crippen molar-refractivity contribution < 1.29 is 9.59 Å². The van der Waals surface area contributed by atoms with Gasteiger partial charge in [0, 0.05) is 25.7 Å². The summed E-state index contributed by atoms with van der Waals surface area (Å²) in [5.41, 5.74) is 0.977. The van der Waals surface area contributed by atoms with Crippen molar-refractivity contribution in [3.05, 3.63) is 35.9 Å². The Labute approximate surface area is 187 Å². The van der Waals surface area contributed by atoms with Crippen LogP contribution in [0.3, 0.4) is 0 Å². The molecule has 31 heavy (non-hydrogen) atoms. The number of hydrogen-bond acceptors (Lipinski definition) is 6. The fourth-order valence-corrected chi connectivity index (χ4v) is 4.59. The molecule has 0 bridgehead atoms. The fourth-order valence-electron chi connectivity index (χ4n) is 3.67. The Hall–Kier alpha value is -2.55. The first-order valence-corrected chi connectivity index (χ1v) is 11.9. The number of rotatable bonds is 7. The average Bonchev–Trinajstić information content (AvgIpc) is 3.53. The lowest BCUT2D eigenvalue weighted by atomic mass is 10.00. The summed E-state index contributed by atoms with van der Waals surface area (Å²) in [5.74, 6) is 1.33. The van der Waals surface area contributed by atoms with Crippen molar-refractivity contribution in [2.24, 2.45) is 5.92 Å². The predicted octanol–water partition coefficient (Wildman–Crippen LogP) is 3.36. The number of nitrogens with one attached hydrogen (secondary N) is 2. The number of anilines is 1. The Morgan fingerprint density at radius 1 is 1.13 bits per heavy atom. The van der Waals surface area contributed by atoms with E-state index >= 15 is 0 Å². The quantitative estimate of drug-likeness (QED) is 0.639. The van der Waals surface area contributed by atoms with E-state index in [4.69, 9.17) is 0 Å². The molecule has 2 fully saturated rings. The van der Waals surface area contributed by atoms with Gasteiger partial charge in [-0.1, -0.05) is 49.0 Å². The van der Waals surface area contributed by atoms with Crippen molar-refractivity contribution in [2.45, 2.75) is 62.5 Å². The molecule has 1 aromatic heterocycles. The molecule has 2 N–H and O–H groups in total. The maximum absolute atomic E-state index is 12.5. The van der Waals surface area contributed by atoms with Crippen LogP contribution in [-0.4, -0.2) is 45.0 Å². The lowest BCUT2D eigenvalue weighted by molar-refractivity contribution is -0.119. The van der Waals surface area contributed by atoms with E-state index in [0.717, 1.165) is 61.4 Å². The lowest BCUT2D eigenvalue weighted by Crippen LogP contribution is -2.42. The molecule has 166 valence electrons. The van der Waals surface area contributed by atoms with Gasteiger partial charge < -0.3 is 10.2 Å². The van der Waals surface area contributed by atoms with Crippen LogP contribution in [0.15, 0.2) is 35.5 Å². The van der Waals surface area contributed by atoms with Gasteiger partial charge in [-0.25, -0.2) is 4.79 Å². The van der Waals surface area contributed by atoms with Gasteiger partial charge in [-0.2, -0.15) is 0 Å². The number of carbonyl (C=O) groups is 2. The van der Waals surface area contributed by atoms with Gasteiger partial charge in [0.15, 0.2) is 5.16 Å². The van der Waals surface area contributed by atoms with Gasteiger partial charge in [-0.05, 0) is 44.1 Å². The van der Waals surface area contributed by atoms with Crippen LogP contribution >= 0.6 is 11.8 Å². The molecule has 1 saturated carbocycles. The summed E-state index contributed by atoms with van der Waals surface area (Å²) in [6.07, 6.45) is 4.56. The average molecular weight is 443 g/mol. The maximum atomic E-state index is 12.5. The molecule has 2 heterocycles. The molecule has 1 saturated heterocycles. The highest BCUT2D eigenvalue weighted by Crippen LogP contribution is 2.42. The van der Waals surface area contributed by atoms with Crippen LogP contribution in [0.2, 0.25) is 0 Å². The Bertz CT molecular complexity index is 906. The second-order valence-corrected chi connectivity index (χ2v) is 9.78. The summed E-state index contributed by atoms with van der Waals surface area (Å²) >= 11 is 1.36. The number of amides is 3. The van der Waals surface area contributed by atoms with Crippen LogP contribution in [-0.2, 0) is 11.3 Å². The van der Waals surface area contributed by atoms with E-state index in [1.165, 1.54) is 11.8 Å². The van der Waals surface area contributed by atoms with Crippen LogP contribution in [0.5, 0.6) is 0 Å². The van der Waals surface area contributed by atoms with Crippen LogP contribution in [0, 0.1) is 5.92 Å². The highest BCUT2D eigenvalue weighted by molar-refractivity contribution is 8.00. The zero-order valence-corrected chi connectivity index (χ0v) is 18.9. The van der Waals surface area contributed by atoms with E-state index in [1.54, 1.807) is 6.92 Å². The number of imide groups is 1. The van der Waals surface area contributed by atoms with E-state index < -0.39 is 11.3 Å². The zero-order valence-electron chi connectivity index (χ0n) is 18.1. The van der Waals surface area contributed by atoms with Gasteiger partial charge in [-0.15, -0.1) is 10.2 Å². The number of nitrogens with zero attached hydrogens (tertiary/aromatic N) is 4. The van der Waals surface area contributed by atoms with Gasteiger partial charge >= 0.3 is 6.03 Å². The molecular weight excluding hydrogens is 412 g/mol. The Morgan fingerprint density at radius 2 is 1.84 bits per heavy atom. The molecular formula is C22H30N6O2S. The number of hydrogen-bond donors (Lipinski definition) is 2. The summed E-state index contributed by atoms with van der Waals surface area (Å²) in [5, 5.41) is 14.3. The molecule has 8 nitrogen and oxygen atoms in total. The maximum Gasteiger partial charge on any atom is 0.321 e. The van der Waals surface area contributed by atoms with E-state index in [2.05, 4.69) is 37.2 Å². The molecule has 2 aliphatic rings. The van der Waals surface area contributed by atoms with Crippen LogP contribution in [0.4, 0.5) is 10.7 Å². The van der Waals surface area contributed by atoms with Crippen molar-refractivity contribution in [2.75, 3.05) is 18.0 Å². The molecule has 0 radical (unpaired) electrons. The molecule has 0 spiro atoms. The van der Waals surface area contributed by atoms with Gasteiger partial charge in [0.1, 0.15) is 0 Å². The minimum Gasteiger partial charge on any atom is -0.341 e. The highest BCUT2D eigenvalue weighted by Gasteiger charge is 2.33. The monoisotopic (exact) mass is 442 g/mol. The SMILES string of the molecule is CC1CCN(c2nnc(SC(C)C(=O)NC(=O)NCc3ccccc3)n2C2CC2)CC1. The van der Waals surface area contributed by atoms with Crippen LogP contribution in [0.1, 0.15) is 51.1 Å². The third kappa shape index (κ3) is 5.58. The number of thioether (sulfide) groups is 1. The van der Waals surface area contributed by atoms with Crippen molar-refractivity contribution >= 4 is 29.6 Å². The highest BCUT2D eigenvalue weighted by atomic mass is 32.2. The van der Waals surface area contributed by atoms with Gasteiger partial charge in [0.05, 0.1) is 5.25 Å². The van der Waals surface area contributed by atoms with Crippen molar-refractivity contribution in [3.8, 4) is 0 Å². The first-order valence-electron chi connectivity index (χ1n) is 11.0. The Balaban J connectivity index is 1.34. The molecule has 1 aliphatic heterocycles. The lowest BCUT2D eigenvalue weighted by Gasteiger charge is -2.31. The summed E-state index contributed by atoms with van der Waals surface area (Å²) in [4.78, 5) is 27.0. The third-order valence-corrected chi connectivity index (χ3v) is 6.87. The molecule has 3 amide bonds. The number of piperidine rings is 1. The second kappa shape index (κ2) is 9.72. The van der Waals surface area contributed by atoms with E-state index in [1.807, 2.05) is 30.3 Å². The number of carbonyl (C=O) groups excluding carboxylic acids is 2. The molecule has 1 aromatic carbocycles. The molecule has 1 aliphatic carbocycles. The third-order valence-electron chi connectivity index (χ3n) is 5.81. The summed E-state index contributed by atoms with van der Waals surface area (Å²) in [6.45, 7) is 6.44. The zero-order chi connectivity index (χ0) is 21.8. The number of aromatic nitrogens is 3. The van der Waals surface area contributed by atoms with Gasteiger partial charge in [0.25, 0.3) is 0 Å². The first kappa shape index (κ1) is 21.7. The van der Waals surface area contributed by atoms with E-state index in [9.17, 15) is 9.59 Å². The van der Waals surface area contributed by atoms with Crippen molar-refractivity contribution in [3.63, 3.8) is 0 Å². The van der Waals surface area contributed by atoms with Crippen LogP contribution in [0.25, 0.3) is 0 Å². The standard InChI is InChI=1S/C22H30N6O2S/c1-15-10-12-27(13-11-15)21-25-26-22(28(21)18-8-9-18)31-16(2)19(29)24-20(30)23-14-17-6-4-3-5-7-17/h3-7,15-16,18H,8-14H2,1-2H3,(H2,23,24,29,30). The van der Waals surface area contributed by atoms with Crippen molar-refractivity contribution in [1.82, 2.24) is 25.4 Å². The smallest absolute Gasteiger partial charge is 0.321 e. The molecule has 2 aromatic rings. The summed E-state index contributed by atoms with van der Waals surface area (Å²) in [6, 6.07) is 9.51. The van der Waals surface area contributed by atoms with Gasteiger partial charge in [0.2, 0.25) is 11.9 Å².